The smallest absolute Gasteiger partial charge is 0.338 e. The Morgan fingerprint density at radius 3 is 1.54 bits per heavy atom. The second-order valence-electron chi connectivity index (χ2n) is 7.92. The van der Waals surface area contributed by atoms with E-state index >= 15 is 0 Å². The number of hydrogen-bond donors (Lipinski definition) is 1. The number of benzene rings is 2. The van der Waals surface area contributed by atoms with Crippen LogP contribution < -0.4 is 9.47 Å². The van der Waals surface area contributed by atoms with Gasteiger partial charge in [0.1, 0.15) is 11.5 Å². The second kappa shape index (κ2) is 20.2. The van der Waals surface area contributed by atoms with Gasteiger partial charge in [-0.15, -0.1) is 0 Å². The Balaban J connectivity index is 0.000000403. The second-order valence-corrected chi connectivity index (χ2v) is 7.92. The lowest BCUT2D eigenvalue weighted by atomic mass is 10.1. The first-order chi connectivity index (χ1) is 18.9. The highest BCUT2D eigenvalue weighted by Gasteiger charge is 2.12. The van der Waals surface area contributed by atoms with Gasteiger partial charge in [-0.1, -0.05) is 0 Å². The number of hydrogen-bond acceptors (Lipinski definition) is 10. The summed E-state index contributed by atoms with van der Waals surface area (Å²) in [6.07, 6.45) is 3.33. The molecule has 0 saturated carbocycles. The van der Waals surface area contributed by atoms with Crippen molar-refractivity contribution in [2.45, 2.75) is 19.3 Å². The maximum atomic E-state index is 11.9. The Bertz CT molecular complexity index is 1040. The highest BCUT2D eigenvalue weighted by Crippen LogP contribution is 2.21. The molecule has 2 rings (SSSR count). The highest BCUT2D eigenvalue weighted by molar-refractivity contribution is 5.92. The molecule has 11 nitrogen and oxygen atoms in total. The Morgan fingerprint density at radius 1 is 0.667 bits per heavy atom. The molecule has 11 heteroatoms. The molecule has 0 spiro atoms. The minimum Gasteiger partial charge on any atom is -0.493 e. The molecular weight excluding hydrogens is 512 g/mol. The van der Waals surface area contributed by atoms with Crippen LogP contribution in [0.4, 0.5) is 0 Å². The number of methoxy groups -OCH3 is 3. The number of esters is 1. The molecule has 0 radical (unpaired) electrons. The minimum atomic E-state index is -1.05. The van der Waals surface area contributed by atoms with E-state index < -0.39 is 11.9 Å². The van der Waals surface area contributed by atoms with Gasteiger partial charge in [-0.25, -0.2) is 9.59 Å². The standard InChI is InChI=1S/C16H22O6.C12H14O5/c1-19-7-3-9-21-15-11-13(5-6-14(15)12-17)16(18)22-10-4-8-20-2;1-16-5-2-6-17-11-7-9(12(14)15)3-4-10(11)8-13/h5-6,11-12H,3-4,7-10H2,1-2H3;3-4,7-8H,2,5-6H2,1H3,(H,14,15). The quantitative estimate of drug-likeness (QED) is 0.165. The van der Waals surface area contributed by atoms with Crippen LogP contribution in [0.25, 0.3) is 0 Å². The lowest BCUT2D eigenvalue weighted by Gasteiger charge is -2.10. The predicted molar refractivity (Wildman–Crippen MR) is 141 cm³/mol. The Labute approximate surface area is 227 Å². The van der Waals surface area contributed by atoms with Crippen molar-refractivity contribution in [3.05, 3.63) is 58.7 Å². The topological polar surface area (TPSA) is 144 Å². The van der Waals surface area contributed by atoms with Crippen molar-refractivity contribution in [3.63, 3.8) is 0 Å². The molecule has 0 atom stereocenters. The number of carbonyl (C=O) groups is 4. The maximum absolute atomic E-state index is 11.9. The summed E-state index contributed by atoms with van der Waals surface area (Å²) in [7, 11) is 4.78. The number of carboxylic acid groups (broad SMARTS) is 1. The molecule has 0 fully saturated rings. The van der Waals surface area contributed by atoms with E-state index in [1.54, 1.807) is 33.5 Å². The largest absolute Gasteiger partial charge is 0.493 e. The molecule has 2 aromatic rings. The third-order valence-corrected chi connectivity index (χ3v) is 4.99. The molecule has 0 aliphatic rings. The Kier molecular flexibility index (Phi) is 17.2. The van der Waals surface area contributed by atoms with E-state index in [-0.39, 0.29) is 17.9 Å². The average molecular weight is 549 g/mol. The average Bonchev–Trinajstić information content (AvgIpc) is 2.95. The van der Waals surface area contributed by atoms with Crippen molar-refractivity contribution in [1.82, 2.24) is 0 Å². The third-order valence-electron chi connectivity index (χ3n) is 4.99. The molecule has 0 heterocycles. The number of rotatable bonds is 18. The van der Waals surface area contributed by atoms with Crippen LogP contribution in [0.2, 0.25) is 0 Å². The van der Waals surface area contributed by atoms with Crippen molar-refractivity contribution in [1.29, 1.82) is 0 Å². The molecule has 0 aliphatic carbocycles. The number of carbonyl (C=O) groups excluding carboxylic acids is 3. The lowest BCUT2D eigenvalue weighted by molar-refractivity contribution is 0.0467. The molecule has 0 bridgehead atoms. The van der Waals surface area contributed by atoms with Crippen molar-refractivity contribution < 1.29 is 52.7 Å². The SMILES string of the molecule is COCCCOC(=O)c1ccc(C=O)c(OCCCOC)c1.COCCCOc1cc(C(=O)O)ccc1C=O. The highest BCUT2D eigenvalue weighted by atomic mass is 16.5. The summed E-state index contributed by atoms with van der Waals surface area (Å²) in [5.41, 5.74) is 1.18. The molecule has 0 aromatic heterocycles. The van der Waals surface area contributed by atoms with Crippen LogP contribution in [0.5, 0.6) is 11.5 Å². The summed E-state index contributed by atoms with van der Waals surface area (Å²) < 4.78 is 30.7. The van der Waals surface area contributed by atoms with Crippen LogP contribution in [0.1, 0.15) is 60.7 Å². The van der Waals surface area contributed by atoms with Gasteiger partial charge in [-0.05, 0) is 36.4 Å². The predicted octanol–water partition coefficient (Wildman–Crippen LogP) is 3.72. The minimum absolute atomic E-state index is 0.0948. The van der Waals surface area contributed by atoms with E-state index in [1.165, 1.54) is 24.3 Å². The Hall–Kier alpha value is -3.80. The van der Waals surface area contributed by atoms with Gasteiger partial charge in [0.05, 0.1) is 42.1 Å². The van der Waals surface area contributed by atoms with Crippen molar-refractivity contribution in [2.24, 2.45) is 0 Å². The van der Waals surface area contributed by atoms with E-state index in [0.717, 1.165) is 0 Å². The fourth-order valence-corrected chi connectivity index (χ4v) is 3.00. The van der Waals surface area contributed by atoms with Crippen LogP contribution in [0.3, 0.4) is 0 Å². The molecule has 0 aliphatic heterocycles. The molecule has 214 valence electrons. The number of aromatic carboxylic acids is 1. The fraction of sp³-hybridized carbons (Fsp3) is 0.429. The summed E-state index contributed by atoms with van der Waals surface area (Å²) >= 11 is 0. The fourth-order valence-electron chi connectivity index (χ4n) is 3.00. The molecule has 1 N–H and O–H groups in total. The monoisotopic (exact) mass is 548 g/mol. The zero-order chi connectivity index (χ0) is 28.9. The van der Waals surface area contributed by atoms with Crippen molar-refractivity contribution >= 4 is 24.5 Å². The van der Waals surface area contributed by atoms with Gasteiger partial charge in [-0.3, -0.25) is 9.59 Å². The van der Waals surface area contributed by atoms with Crippen molar-refractivity contribution in [2.75, 3.05) is 61.0 Å². The van der Waals surface area contributed by atoms with Gasteiger partial charge < -0.3 is 33.5 Å². The van der Waals surface area contributed by atoms with E-state index in [2.05, 4.69) is 0 Å². The molecule has 39 heavy (non-hydrogen) atoms. The van der Waals surface area contributed by atoms with Gasteiger partial charge in [0.25, 0.3) is 0 Å². The van der Waals surface area contributed by atoms with E-state index in [4.69, 9.17) is 33.5 Å². The first-order valence-corrected chi connectivity index (χ1v) is 12.2. The normalized spacial score (nSPS) is 10.1. The van der Waals surface area contributed by atoms with E-state index in [9.17, 15) is 19.2 Å². The maximum Gasteiger partial charge on any atom is 0.338 e. The summed E-state index contributed by atoms with van der Waals surface area (Å²) in [6.45, 7) is 2.71. The van der Waals surface area contributed by atoms with Gasteiger partial charge in [0, 0.05) is 60.4 Å². The van der Waals surface area contributed by atoms with Crippen LogP contribution >= 0.6 is 0 Å². The van der Waals surface area contributed by atoms with Crippen molar-refractivity contribution in [3.8, 4) is 11.5 Å². The van der Waals surface area contributed by atoms with Crippen LogP contribution in [-0.4, -0.2) is 90.6 Å². The van der Waals surface area contributed by atoms with Crippen LogP contribution in [-0.2, 0) is 18.9 Å². The Morgan fingerprint density at radius 2 is 1.10 bits per heavy atom. The summed E-state index contributed by atoms with van der Waals surface area (Å²) in [5.74, 6) is -0.840. The first-order valence-electron chi connectivity index (χ1n) is 12.2. The zero-order valence-electron chi connectivity index (χ0n) is 22.5. The zero-order valence-corrected chi connectivity index (χ0v) is 22.5. The van der Waals surface area contributed by atoms with Gasteiger partial charge >= 0.3 is 11.9 Å². The van der Waals surface area contributed by atoms with E-state index in [0.29, 0.717) is 87.3 Å². The summed E-state index contributed by atoms with van der Waals surface area (Å²) in [5, 5.41) is 8.82. The molecule has 0 amide bonds. The molecule has 0 unspecified atom stereocenters. The number of ether oxygens (including phenoxy) is 6. The molecule has 2 aromatic carbocycles. The summed E-state index contributed by atoms with van der Waals surface area (Å²) in [4.78, 5) is 44.4. The summed E-state index contributed by atoms with van der Waals surface area (Å²) in [6, 6.07) is 8.76. The van der Waals surface area contributed by atoms with Gasteiger partial charge in [0.2, 0.25) is 0 Å². The van der Waals surface area contributed by atoms with E-state index in [1.807, 2.05) is 0 Å². The molecular formula is C28H36O11. The first kappa shape index (κ1) is 33.2. The van der Waals surface area contributed by atoms with Crippen LogP contribution in [0, 0.1) is 0 Å². The van der Waals surface area contributed by atoms with Gasteiger partial charge in [0.15, 0.2) is 12.6 Å². The number of aldehydes is 2. The van der Waals surface area contributed by atoms with Crippen LogP contribution in [0.15, 0.2) is 36.4 Å². The number of carboxylic acids is 1. The molecule has 0 saturated heterocycles. The third kappa shape index (κ3) is 13.0. The lowest BCUT2D eigenvalue weighted by Crippen LogP contribution is -2.09. The van der Waals surface area contributed by atoms with Gasteiger partial charge in [-0.2, -0.15) is 0 Å².